The van der Waals surface area contributed by atoms with Crippen molar-refractivity contribution in [3.8, 4) is 11.3 Å². The van der Waals surface area contributed by atoms with E-state index in [9.17, 15) is 0 Å². The quantitative estimate of drug-likeness (QED) is 0.372. The molecule has 5 rings (SSSR count). The predicted molar refractivity (Wildman–Crippen MR) is 118 cm³/mol. The molecule has 1 aliphatic heterocycles. The molecule has 0 saturated heterocycles. The van der Waals surface area contributed by atoms with Crippen LogP contribution >= 0.6 is 11.6 Å². The van der Waals surface area contributed by atoms with E-state index in [0.717, 1.165) is 40.5 Å². The summed E-state index contributed by atoms with van der Waals surface area (Å²) in [5.74, 6) is 1.73. The maximum Gasteiger partial charge on any atom is 0.134 e. The second-order valence-corrected chi connectivity index (χ2v) is 7.46. The zero-order valence-corrected chi connectivity index (χ0v) is 16.5. The third kappa shape index (κ3) is 3.57. The van der Waals surface area contributed by atoms with Gasteiger partial charge in [-0.05, 0) is 54.1 Å². The molecular weight excluding hydrogens is 380 g/mol. The van der Waals surface area contributed by atoms with Crippen LogP contribution in [0, 0.1) is 0 Å². The van der Waals surface area contributed by atoms with E-state index in [4.69, 9.17) is 21.1 Å². The molecule has 0 amide bonds. The molecule has 0 saturated carbocycles. The minimum atomic E-state index is 0.00802. The third-order valence-electron chi connectivity index (χ3n) is 5.12. The molecule has 0 spiro atoms. The van der Waals surface area contributed by atoms with Crippen LogP contribution in [0.3, 0.4) is 0 Å². The molecule has 2 heterocycles. The number of para-hydroxylation sites is 1. The first-order valence-electron chi connectivity index (χ1n) is 9.61. The van der Waals surface area contributed by atoms with Gasteiger partial charge >= 0.3 is 0 Å². The SMILES string of the molecule is Clc1ccc(-c2ccc([C@@H]3CC(c4ccccc4)=NN3c3ccccc3)o2)cc1. The number of halogens is 1. The van der Waals surface area contributed by atoms with E-state index in [0.29, 0.717) is 5.02 Å². The number of hydrazone groups is 1. The Kier molecular flexibility index (Phi) is 4.66. The normalized spacial score (nSPS) is 16.1. The smallest absolute Gasteiger partial charge is 0.134 e. The Morgan fingerprint density at radius 3 is 2.17 bits per heavy atom. The minimum absolute atomic E-state index is 0.00802. The lowest BCUT2D eigenvalue weighted by atomic mass is 10.0. The highest BCUT2D eigenvalue weighted by Crippen LogP contribution is 2.38. The fourth-order valence-electron chi connectivity index (χ4n) is 3.66. The van der Waals surface area contributed by atoms with Crippen LogP contribution in [0.25, 0.3) is 11.3 Å². The van der Waals surface area contributed by atoms with Crippen LogP contribution in [-0.4, -0.2) is 5.71 Å². The van der Waals surface area contributed by atoms with Crippen molar-refractivity contribution < 1.29 is 4.42 Å². The first kappa shape index (κ1) is 17.8. The van der Waals surface area contributed by atoms with E-state index in [-0.39, 0.29) is 6.04 Å². The summed E-state index contributed by atoms with van der Waals surface area (Å²) in [6, 6.07) is 32.3. The van der Waals surface area contributed by atoms with Crippen molar-refractivity contribution in [1.82, 2.24) is 0 Å². The van der Waals surface area contributed by atoms with Gasteiger partial charge in [0.2, 0.25) is 0 Å². The average molecular weight is 399 g/mol. The molecule has 142 valence electrons. The number of anilines is 1. The average Bonchev–Trinajstić information content (AvgIpc) is 3.43. The van der Waals surface area contributed by atoms with Crippen molar-refractivity contribution in [2.45, 2.75) is 12.5 Å². The van der Waals surface area contributed by atoms with Crippen molar-refractivity contribution in [2.24, 2.45) is 5.10 Å². The zero-order valence-electron chi connectivity index (χ0n) is 15.7. The summed E-state index contributed by atoms with van der Waals surface area (Å²) in [5.41, 5.74) is 4.26. The maximum atomic E-state index is 6.27. The Bertz CT molecular complexity index is 1130. The summed E-state index contributed by atoms with van der Waals surface area (Å²) < 4.78 is 6.27. The van der Waals surface area contributed by atoms with Crippen molar-refractivity contribution in [2.75, 3.05) is 5.01 Å². The molecule has 1 aliphatic rings. The summed E-state index contributed by atoms with van der Waals surface area (Å²) in [4.78, 5) is 0. The zero-order chi connectivity index (χ0) is 19.6. The molecule has 0 aliphatic carbocycles. The fraction of sp³-hybridized carbons (Fsp3) is 0.0800. The van der Waals surface area contributed by atoms with Crippen LogP contribution in [0.4, 0.5) is 5.69 Å². The highest BCUT2D eigenvalue weighted by molar-refractivity contribution is 6.30. The van der Waals surface area contributed by atoms with E-state index < -0.39 is 0 Å². The van der Waals surface area contributed by atoms with E-state index in [1.165, 1.54) is 0 Å². The summed E-state index contributed by atoms with van der Waals surface area (Å²) in [6.45, 7) is 0. The van der Waals surface area contributed by atoms with Gasteiger partial charge in [0.05, 0.1) is 11.4 Å². The lowest BCUT2D eigenvalue weighted by Crippen LogP contribution is -2.17. The first-order chi connectivity index (χ1) is 14.3. The van der Waals surface area contributed by atoms with Gasteiger partial charge in [-0.25, -0.2) is 0 Å². The molecule has 0 radical (unpaired) electrons. The van der Waals surface area contributed by atoms with Gasteiger partial charge in [-0.15, -0.1) is 0 Å². The van der Waals surface area contributed by atoms with Gasteiger partial charge in [-0.3, -0.25) is 5.01 Å². The Morgan fingerprint density at radius 1 is 0.759 bits per heavy atom. The van der Waals surface area contributed by atoms with Crippen molar-refractivity contribution in [3.63, 3.8) is 0 Å². The van der Waals surface area contributed by atoms with Gasteiger partial charge in [0, 0.05) is 17.0 Å². The molecule has 3 aromatic carbocycles. The van der Waals surface area contributed by atoms with Gasteiger partial charge in [0.15, 0.2) is 0 Å². The number of hydrogen-bond donors (Lipinski definition) is 0. The maximum absolute atomic E-state index is 6.27. The Morgan fingerprint density at radius 2 is 1.45 bits per heavy atom. The van der Waals surface area contributed by atoms with Crippen LogP contribution in [0.15, 0.2) is 107 Å². The molecular formula is C25H19ClN2O. The van der Waals surface area contributed by atoms with E-state index >= 15 is 0 Å². The van der Waals surface area contributed by atoms with Crippen LogP contribution in [0.2, 0.25) is 5.02 Å². The molecule has 3 nitrogen and oxygen atoms in total. The van der Waals surface area contributed by atoms with E-state index in [1.807, 2.05) is 72.8 Å². The molecule has 0 fully saturated rings. The molecule has 0 unspecified atom stereocenters. The summed E-state index contributed by atoms with van der Waals surface area (Å²) in [7, 11) is 0. The minimum Gasteiger partial charge on any atom is -0.459 e. The van der Waals surface area contributed by atoms with E-state index in [2.05, 4.69) is 29.3 Å². The van der Waals surface area contributed by atoms with Gasteiger partial charge in [-0.2, -0.15) is 5.10 Å². The second kappa shape index (κ2) is 7.61. The highest BCUT2D eigenvalue weighted by atomic mass is 35.5. The standard InChI is InChI=1S/C25H19ClN2O/c26-20-13-11-19(12-14-20)24-15-16-25(29-24)23-17-22(18-7-3-1-4-8-18)27-28(23)21-9-5-2-6-10-21/h1-16,23H,17H2/t23-/m0/s1. The summed E-state index contributed by atoms with van der Waals surface area (Å²) in [5, 5.41) is 7.73. The largest absolute Gasteiger partial charge is 0.459 e. The number of nitrogens with zero attached hydrogens (tertiary/aromatic N) is 2. The number of rotatable bonds is 4. The molecule has 0 bridgehead atoms. The number of furan rings is 1. The van der Waals surface area contributed by atoms with Gasteiger partial charge < -0.3 is 4.42 Å². The molecule has 1 aromatic heterocycles. The molecule has 1 atom stereocenters. The Balaban J connectivity index is 1.51. The van der Waals surface area contributed by atoms with Crippen molar-refractivity contribution >= 4 is 23.0 Å². The lowest BCUT2D eigenvalue weighted by Gasteiger charge is -2.21. The Hall–Kier alpha value is -3.30. The van der Waals surface area contributed by atoms with Crippen molar-refractivity contribution in [3.05, 3.63) is 113 Å². The second-order valence-electron chi connectivity index (χ2n) is 7.02. The third-order valence-corrected chi connectivity index (χ3v) is 5.37. The van der Waals surface area contributed by atoms with Gasteiger partial charge in [0.25, 0.3) is 0 Å². The highest BCUT2D eigenvalue weighted by Gasteiger charge is 2.32. The topological polar surface area (TPSA) is 28.7 Å². The lowest BCUT2D eigenvalue weighted by molar-refractivity contribution is 0.475. The molecule has 0 N–H and O–H groups in total. The van der Waals surface area contributed by atoms with E-state index in [1.54, 1.807) is 0 Å². The van der Waals surface area contributed by atoms with Crippen LogP contribution in [0.5, 0.6) is 0 Å². The van der Waals surface area contributed by atoms with Crippen LogP contribution in [0.1, 0.15) is 23.8 Å². The first-order valence-corrected chi connectivity index (χ1v) is 9.98. The van der Waals surface area contributed by atoms with Crippen molar-refractivity contribution in [1.29, 1.82) is 0 Å². The van der Waals surface area contributed by atoms with Crippen LogP contribution < -0.4 is 5.01 Å². The predicted octanol–water partition coefficient (Wildman–Crippen LogP) is 6.96. The fourth-order valence-corrected chi connectivity index (χ4v) is 3.78. The number of hydrogen-bond acceptors (Lipinski definition) is 3. The summed E-state index contributed by atoms with van der Waals surface area (Å²) >= 11 is 6.02. The summed E-state index contributed by atoms with van der Waals surface area (Å²) in [6.07, 6.45) is 0.784. The Labute approximate surface area is 174 Å². The molecule has 29 heavy (non-hydrogen) atoms. The molecule has 4 aromatic rings. The van der Waals surface area contributed by atoms with Gasteiger partial charge in [-0.1, -0.05) is 60.1 Å². The van der Waals surface area contributed by atoms with Crippen LogP contribution in [-0.2, 0) is 0 Å². The monoisotopic (exact) mass is 398 g/mol. The van der Waals surface area contributed by atoms with Gasteiger partial charge in [0.1, 0.15) is 17.6 Å². The number of benzene rings is 3. The molecule has 4 heteroatoms.